The van der Waals surface area contributed by atoms with Crippen LogP contribution in [0.1, 0.15) is 18.0 Å². The highest BCUT2D eigenvalue weighted by Crippen LogP contribution is 2.33. The smallest absolute Gasteiger partial charge is 0.143 e. The van der Waals surface area contributed by atoms with Crippen molar-refractivity contribution < 1.29 is 4.74 Å². The van der Waals surface area contributed by atoms with Gasteiger partial charge in [0, 0.05) is 12.4 Å². The Labute approximate surface area is 121 Å². The van der Waals surface area contributed by atoms with Crippen molar-refractivity contribution in [3.8, 4) is 5.75 Å². The molecule has 0 unspecified atom stereocenters. The number of nitrogens with one attached hydrogen (secondary N) is 1. The predicted molar refractivity (Wildman–Crippen MR) is 82.6 cm³/mol. The SMILES string of the molecule is CNc1cc2nc([C@@H](C)SC)nc(Cl)c2cc1OC. The summed E-state index contributed by atoms with van der Waals surface area (Å²) in [5.74, 6) is 1.48. The van der Waals surface area contributed by atoms with Crippen LogP contribution in [-0.4, -0.2) is 30.4 Å². The fourth-order valence-corrected chi connectivity index (χ4v) is 2.34. The summed E-state index contributed by atoms with van der Waals surface area (Å²) < 4.78 is 5.32. The van der Waals surface area contributed by atoms with E-state index in [-0.39, 0.29) is 5.25 Å². The lowest BCUT2D eigenvalue weighted by molar-refractivity contribution is 0.417. The molecule has 1 N–H and O–H groups in total. The van der Waals surface area contributed by atoms with Gasteiger partial charge in [0.2, 0.25) is 0 Å². The van der Waals surface area contributed by atoms with Gasteiger partial charge in [0.25, 0.3) is 0 Å². The van der Waals surface area contributed by atoms with Crippen molar-refractivity contribution >= 4 is 40.0 Å². The highest BCUT2D eigenvalue weighted by molar-refractivity contribution is 7.98. The number of methoxy groups -OCH3 is 1. The summed E-state index contributed by atoms with van der Waals surface area (Å²) in [6, 6.07) is 3.79. The van der Waals surface area contributed by atoms with Crippen LogP contribution in [0.4, 0.5) is 5.69 Å². The van der Waals surface area contributed by atoms with Crippen LogP contribution in [0.15, 0.2) is 12.1 Å². The average Bonchev–Trinajstić information content (AvgIpc) is 2.44. The van der Waals surface area contributed by atoms with Crippen LogP contribution in [0, 0.1) is 0 Å². The van der Waals surface area contributed by atoms with E-state index in [4.69, 9.17) is 16.3 Å². The van der Waals surface area contributed by atoms with Gasteiger partial charge in [0.15, 0.2) is 0 Å². The number of ether oxygens (including phenoxy) is 1. The van der Waals surface area contributed by atoms with Gasteiger partial charge in [-0.15, -0.1) is 0 Å². The number of hydrogen-bond donors (Lipinski definition) is 1. The van der Waals surface area contributed by atoms with E-state index < -0.39 is 0 Å². The van der Waals surface area contributed by atoms with Crippen molar-refractivity contribution in [1.29, 1.82) is 0 Å². The lowest BCUT2D eigenvalue weighted by Gasteiger charge is -2.12. The van der Waals surface area contributed by atoms with Gasteiger partial charge in [-0.3, -0.25) is 0 Å². The standard InChI is InChI=1S/C13H16ClN3OS/c1-7(19-4)13-16-9-6-10(15-2)11(18-3)5-8(9)12(14)17-13/h5-7,15H,1-4H3/t7-/m1/s1. The largest absolute Gasteiger partial charge is 0.495 e. The maximum atomic E-state index is 6.25. The second-order valence-electron chi connectivity index (χ2n) is 4.07. The number of benzene rings is 1. The van der Waals surface area contributed by atoms with E-state index >= 15 is 0 Å². The van der Waals surface area contributed by atoms with Crippen LogP contribution in [0.25, 0.3) is 10.9 Å². The first-order chi connectivity index (χ1) is 9.10. The summed E-state index contributed by atoms with van der Waals surface area (Å²) in [4.78, 5) is 8.94. The first-order valence-corrected chi connectivity index (χ1v) is 7.53. The van der Waals surface area contributed by atoms with Crippen molar-refractivity contribution in [2.75, 3.05) is 25.7 Å². The van der Waals surface area contributed by atoms with Crippen LogP contribution in [-0.2, 0) is 0 Å². The third kappa shape index (κ3) is 2.72. The van der Waals surface area contributed by atoms with Crippen molar-refractivity contribution in [2.24, 2.45) is 0 Å². The molecule has 0 aliphatic heterocycles. The summed E-state index contributed by atoms with van der Waals surface area (Å²) >= 11 is 7.94. The van der Waals surface area contributed by atoms with E-state index in [2.05, 4.69) is 22.2 Å². The van der Waals surface area contributed by atoms with E-state index in [0.29, 0.717) is 5.15 Å². The first kappa shape index (κ1) is 14.2. The number of hydrogen-bond acceptors (Lipinski definition) is 5. The molecule has 0 fully saturated rings. The van der Waals surface area contributed by atoms with Gasteiger partial charge in [-0.1, -0.05) is 11.6 Å². The second kappa shape index (κ2) is 5.84. The van der Waals surface area contributed by atoms with E-state index in [1.165, 1.54) is 0 Å². The molecule has 6 heteroatoms. The molecule has 1 aromatic heterocycles. The first-order valence-electron chi connectivity index (χ1n) is 5.86. The van der Waals surface area contributed by atoms with Crippen LogP contribution < -0.4 is 10.1 Å². The Bertz CT molecular complexity index is 606. The average molecular weight is 298 g/mol. The van der Waals surface area contributed by atoms with Gasteiger partial charge in [-0.2, -0.15) is 11.8 Å². The van der Waals surface area contributed by atoms with Crippen LogP contribution >= 0.6 is 23.4 Å². The second-order valence-corrected chi connectivity index (χ2v) is 5.61. The Hall–Kier alpha value is -1.20. The van der Waals surface area contributed by atoms with Gasteiger partial charge in [0.05, 0.1) is 23.6 Å². The highest BCUT2D eigenvalue weighted by atomic mass is 35.5. The molecule has 1 aromatic carbocycles. The van der Waals surface area contributed by atoms with Crippen LogP contribution in [0.3, 0.4) is 0 Å². The molecule has 0 saturated heterocycles. The van der Waals surface area contributed by atoms with Crippen molar-refractivity contribution in [1.82, 2.24) is 9.97 Å². The number of fused-ring (bicyclic) bond motifs is 1. The fraction of sp³-hybridized carbons (Fsp3) is 0.385. The number of anilines is 1. The van der Waals surface area contributed by atoms with Gasteiger partial charge in [-0.05, 0) is 25.3 Å². The van der Waals surface area contributed by atoms with Gasteiger partial charge in [0.1, 0.15) is 16.7 Å². The molecule has 0 aliphatic carbocycles. The zero-order chi connectivity index (χ0) is 14.0. The molecule has 1 heterocycles. The molecule has 0 aliphatic rings. The molecule has 0 saturated carbocycles. The lowest BCUT2D eigenvalue weighted by Crippen LogP contribution is -2.00. The summed E-state index contributed by atoms with van der Waals surface area (Å²) in [5.41, 5.74) is 1.70. The molecule has 19 heavy (non-hydrogen) atoms. The molecular formula is C13H16ClN3OS. The number of aromatic nitrogens is 2. The normalized spacial score (nSPS) is 12.5. The number of rotatable bonds is 4. The molecule has 2 rings (SSSR count). The molecule has 0 radical (unpaired) electrons. The van der Waals surface area contributed by atoms with E-state index in [0.717, 1.165) is 28.2 Å². The third-order valence-corrected chi connectivity index (χ3v) is 4.18. The summed E-state index contributed by atoms with van der Waals surface area (Å²) in [7, 11) is 3.47. The van der Waals surface area contributed by atoms with Crippen molar-refractivity contribution in [2.45, 2.75) is 12.2 Å². The van der Waals surface area contributed by atoms with Gasteiger partial charge in [-0.25, -0.2) is 9.97 Å². The lowest BCUT2D eigenvalue weighted by atomic mass is 10.2. The van der Waals surface area contributed by atoms with Gasteiger partial charge < -0.3 is 10.1 Å². The maximum Gasteiger partial charge on any atom is 0.143 e. The quantitative estimate of drug-likeness (QED) is 0.871. The van der Waals surface area contributed by atoms with E-state index in [1.807, 2.05) is 25.4 Å². The number of halogens is 1. The highest BCUT2D eigenvalue weighted by Gasteiger charge is 2.14. The maximum absolute atomic E-state index is 6.25. The zero-order valence-electron chi connectivity index (χ0n) is 11.3. The van der Waals surface area contributed by atoms with Crippen LogP contribution in [0.5, 0.6) is 5.75 Å². The van der Waals surface area contributed by atoms with E-state index in [9.17, 15) is 0 Å². The third-order valence-electron chi connectivity index (χ3n) is 2.97. The minimum Gasteiger partial charge on any atom is -0.495 e. The molecule has 4 nitrogen and oxygen atoms in total. The summed E-state index contributed by atoms with van der Waals surface area (Å²) in [6.45, 7) is 2.06. The molecule has 0 bridgehead atoms. The fourth-order valence-electron chi connectivity index (χ4n) is 1.79. The Morgan fingerprint density at radius 2 is 2.11 bits per heavy atom. The number of thioether (sulfide) groups is 1. The molecule has 0 spiro atoms. The Morgan fingerprint density at radius 1 is 1.37 bits per heavy atom. The minimum atomic E-state index is 0.210. The van der Waals surface area contributed by atoms with Gasteiger partial charge >= 0.3 is 0 Å². The predicted octanol–water partition coefficient (Wildman–Crippen LogP) is 3.76. The van der Waals surface area contributed by atoms with Crippen molar-refractivity contribution in [3.63, 3.8) is 0 Å². The van der Waals surface area contributed by atoms with Crippen molar-refractivity contribution in [3.05, 3.63) is 23.1 Å². The Morgan fingerprint density at radius 3 is 2.68 bits per heavy atom. The molecule has 1 atom stereocenters. The summed E-state index contributed by atoms with van der Waals surface area (Å²) in [6.07, 6.45) is 2.03. The monoisotopic (exact) mass is 297 g/mol. The van der Waals surface area contributed by atoms with E-state index in [1.54, 1.807) is 18.9 Å². The molecular weight excluding hydrogens is 282 g/mol. The summed E-state index contributed by atoms with van der Waals surface area (Å²) in [5, 5.41) is 4.56. The topological polar surface area (TPSA) is 47.0 Å². The Kier molecular flexibility index (Phi) is 4.37. The minimum absolute atomic E-state index is 0.210. The Balaban J connectivity index is 2.67. The number of nitrogens with zero attached hydrogens (tertiary/aromatic N) is 2. The molecule has 2 aromatic rings. The zero-order valence-corrected chi connectivity index (χ0v) is 12.9. The van der Waals surface area contributed by atoms with Crippen LogP contribution in [0.2, 0.25) is 5.15 Å². The molecule has 102 valence electrons. The molecule has 0 amide bonds.